The van der Waals surface area contributed by atoms with Crippen LogP contribution in [0.5, 0.6) is 0 Å². The van der Waals surface area contributed by atoms with Crippen LogP contribution in [0.4, 0.5) is 22.0 Å². The largest absolute Gasteiger partial charge is 0.435 e. The molecule has 0 spiro atoms. The maximum Gasteiger partial charge on any atom is 0.435 e. The zero-order valence-corrected chi connectivity index (χ0v) is 20.4. The summed E-state index contributed by atoms with van der Waals surface area (Å²) in [7, 11) is -2.69. The number of hydrogen-bond acceptors (Lipinski definition) is 4. The van der Waals surface area contributed by atoms with Crippen molar-refractivity contribution in [2.45, 2.75) is 48.8 Å². The third kappa shape index (κ3) is 4.56. The minimum Gasteiger partial charge on any atom is -0.298 e. The van der Waals surface area contributed by atoms with Crippen LogP contribution in [0.3, 0.4) is 0 Å². The lowest BCUT2D eigenvalue weighted by atomic mass is 9.81. The second-order valence-corrected chi connectivity index (χ2v) is 11.3. The molecule has 6 nitrogen and oxygen atoms in total. The number of rotatable bonds is 7. The second-order valence-electron chi connectivity index (χ2n) is 9.43. The SMILES string of the molecule is Cn1nc(C(F)(F)F)cc1-c1ccc(F)c(CCC(=O)[C@@H]2C3CC(C3)N2S(=O)(=O)c2ccc(F)cc2)c1. The van der Waals surface area contributed by atoms with E-state index >= 15 is 0 Å². The zero-order valence-electron chi connectivity index (χ0n) is 19.5. The topological polar surface area (TPSA) is 72.3 Å². The van der Waals surface area contributed by atoms with Crippen molar-refractivity contribution in [2.75, 3.05) is 0 Å². The first-order valence-corrected chi connectivity index (χ1v) is 13.0. The quantitative estimate of drug-likeness (QED) is 0.407. The number of alkyl halides is 3. The number of aromatic nitrogens is 2. The molecule has 3 aliphatic rings. The van der Waals surface area contributed by atoms with Gasteiger partial charge in [-0.1, -0.05) is 0 Å². The van der Waals surface area contributed by atoms with E-state index in [0.29, 0.717) is 18.4 Å². The standard InChI is InChI=1S/C25H22F5N3O3S/c1-32-21(13-23(31-32)25(28,29)30)15-2-8-20(27)14(10-15)3-9-22(34)24-16-11-18(12-16)33(24)37(35,36)19-6-4-17(26)5-7-19/h2,4-8,10,13,16,18,24H,3,9,11-12H2,1H3/t16?,18?,24-/m0/s1. The van der Waals surface area contributed by atoms with E-state index in [-0.39, 0.29) is 46.7 Å². The van der Waals surface area contributed by atoms with E-state index in [0.717, 1.165) is 41.1 Å². The van der Waals surface area contributed by atoms with Gasteiger partial charge in [0.25, 0.3) is 0 Å². The summed E-state index contributed by atoms with van der Waals surface area (Å²) < 4.78 is 95.7. The molecule has 6 rings (SSSR count). The number of ketones is 1. The van der Waals surface area contributed by atoms with Gasteiger partial charge in [-0.3, -0.25) is 9.48 Å². The van der Waals surface area contributed by atoms with Crippen molar-refractivity contribution in [2.24, 2.45) is 13.0 Å². The van der Waals surface area contributed by atoms with E-state index in [1.165, 1.54) is 23.5 Å². The van der Waals surface area contributed by atoms with Gasteiger partial charge in [0.2, 0.25) is 10.0 Å². The molecule has 0 amide bonds. The van der Waals surface area contributed by atoms with Crippen LogP contribution in [0, 0.1) is 17.6 Å². The highest BCUT2D eigenvalue weighted by Gasteiger charge is 2.58. The monoisotopic (exact) mass is 539 g/mol. The minimum absolute atomic E-state index is 0.0548. The van der Waals surface area contributed by atoms with Gasteiger partial charge in [-0.25, -0.2) is 17.2 Å². The molecule has 2 saturated heterocycles. The lowest BCUT2D eigenvalue weighted by Gasteiger charge is -2.25. The minimum atomic E-state index is -4.63. The van der Waals surface area contributed by atoms with Crippen LogP contribution >= 0.6 is 0 Å². The van der Waals surface area contributed by atoms with Gasteiger partial charge in [0.05, 0.1) is 16.6 Å². The predicted molar refractivity (Wildman–Crippen MR) is 123 cm³/mol. The summed E-state index contributed by atoms with van der Waals surface area (Å²) in [6, 6.07) is 7.89. The number of benzene rings is 2. The Morgan fingerprint density at radius 2 is 1.73 bits per heavy atom. The summed E-state index contributed by atoms with van der Waals surface area (Å²) in [6.07, 6.45) is -3.75. The maximum absolute atomic E-state index is 14.6. The Morgan fingerprint density at radius 3 is 2.35 bits per heavy atom. The van der Waals surface area contributed by atoms with Crippen molar-refractivity contribution in [3.8, 4) is 11.3 Å². The number of carbonyl (C=O) groups excluding carboxylic acids is 1. The van der Waals surface area contributed by atoms with E-state index in [2.05, 4.69) is 5.10 Å². The van der Waals surface area contributed by atoms with Gasteiger partial charge in [0, 0.05) is 25.1 Å². The van der Waals surface area contributed by atoms with Crippen LogP contribution in [-0.2, 0) is 34.5 Å². The van der Waals surface area contributed by atoms with E-state index in [1.54, 1.807) is 0 Å². The number of Topliss-reactive ketones (excluding diaryl/α,β-unsaturated/α-hetero) is 1. The van der Waals surface area contributed by atoms with E-state index in [9.17, 15) is 35.2 Å². The molecule has 0 unspecified atom stereocenters. The van der Waals surface area contributed by atoms with Gasteiger partial charge in [-0.15, -0.1) is 0 Å². The molecule has 2 aromatic carbocycles. The molecule has 3 fully saturated rings. The van der Waals surface area contributed by atoms with Crippen LogP contribution < -0.4 is 0 Å². The molecule has 3 aromatic rings. The van der Waals surface area contributed by atoms with Gasteiger partial charge >= 0.3 is 6.18 Å². The number of nitrogens with zero attached hydrogens (tertiary/aromatic N) is 3. The molecular weight excluding hydrogens is 517 g/mol. The highest BCUT2D eigenvalue weighted by molar-refractivity contribution is 7.89. The summed E-state index contributed by atoms with van der Waals surface area (Å²) in [5, 5.41) is 3.47. The predicted octanol–water partition coefficient (Wildman–Crippen LogP) is 4.74. The first kappa shape index (κ1) is 25.5. The molecule has 2 aliphatic heterocycles. The van der Waals surface area contributed by atoms with Crippen molar-refractivity contribution < 1.29 is 35.2 Å². The first-order valence-electron chi connectivity index (χ1n) is 11.6. The molecule has 1 atom stereocenters. The molecule has 0 radical (unpaired) electrons. The van der Waals surface area contributed by atoms with Crippen molar-refractivity contribution in [3.63, 3.8) is 0 Å². The Labute approximate surface area is 209 Å². The molecule has 1 aliphatic carbocycles. The van der Waals surface area contributed by atoms with Crippen LogP contribution in [0.2, 0.25) is 0 Å². The van der Waals surface area contributed by atoms with Crippen molar-refractivity contribution >= 4 is 15.8 Å². The fraction of sp³-hybridized carbons (Fsp3) is 0.360. The third-order valence-electron chi connectivity index (χ3n) is 7.10. The summed E-state index contributed by atoms with van der Waals surface area (Å²) in [4.78, 5) is 13.1. The van der Waals surface area contributed by atoms with Crippen LogP contribution in [0.15, 0.2) is 53.4 Å². The number of halogens is 5. The normalized spacial score (nSPS) is 21.7. The number of aryl methyl sites for hydroxylation is 2. The number of sulfonamides is 1. The van der Waals surface area contributed by atoms with Crippen LogP contribution in [0.1, 0.15) is 30.5 Å². The first-order chi connectivity index (χ1) is 17.4. The van der Waals surface area contributed by atoms with Crippen molar-refractivity contribution in [1.82, 2.24) is 14.1 Å². The molecule has 0 N–H and O–H groups in total. The lowest BCUT2D eigenvalue weighted by Crippen LogP contribution is -2.41. The average molecular weight is 540 g/mol. The smallest absolute Gasteiger partial charge is 0.298 e. The van der Waals surface area contributed by atoms with E-state index < -0.39 is 39.6 Å². The third-order valence-corrected chi connectivity index (χ3v) is 9.05. The Kier molecular flexibility index (Phi) is 6.22. The second kappa shape index (κ2) is 9.02. The Balaban J connectivity index is 1.35. The van der Waals surface area contributed by atoms with E-state index in [4.69, 9.17) is 0 Å². The summed E-state index contributed by atoms with van der Waals surface area (Å²) in [6.45, 7) is 0. The molecule has 196 valence electrons. The van der Waals surface area contributed by atoms with Gasteiger partial charge in [-0.2, -0.15) is 22.6 Å². The summed E-state index contributed by atoms with van der Waals surface area (Å²) >= 11 is 0. The maximum atomic E-state index is 14.6. The number of carbonyl (C=O) groups is 1. The Hall–Kier alpha value is -3.12. The highest BCUT2D eigenvalue weighted by atomic mass is 32.2. The summed E-state index contributed by atoms with van der Waals surface area (Å²) in [5.74, 6) is -1.71. The Morgan fingerprint density at radius 1 is 1.05 bits per heavy atom. The van der Waals surface area contributed by atoms with Gasteiger partial charge < -0.3 is 0 Å². The number of fused-ring (bicyclic) bond motifs is 1. The van der Waals surface area contributed by atoms with Crippen molar-refractivity contribution in [1.29, 1.82) is 0 Å². The molecule has 2 bridgehead atoms. The molecule has 3 heterocycles. The number of hydrogen-bond donors (Lipinski definition) is 0. The van der Waals surface area contributed by atoms with Crippen LogP contribution in [0.25, 0.3) is 11.3 Å². The zero-order chi connectivity index (χ0) is 26.7. The fourth-order valence-electron chi connectivity index (χ4n) is 5.22. The molecular formula is C25H22F5N3O3S. The fourth-order valence-corrected chi connectivity index (χ4v) is 7.09. The van der Waals surface area contributed by atoms with Crippen molar-refractivity contribution in [3.05, 3.63) is 71.4 Å². The Bertz CT molecular complexity index is 1460. The van der Waals surface area contributed by atoms with Gasteiger partial charge in [0.15, 0.2) is 11.5 Å². The lowest BCUT2D eigenvalue weighted by molar-refractivity contribution is -0.141. The van der Waals surface area contributed by atoms with E-state index in [1.807, 2.05) is 0 Å². The molecule has 1 saturated carbocycles. The molecule has 1 aromatic heterocycles. The highest BCUT2D eigenvalue weighted by Crippen LogP contribution is 2.49. The molecule has 12 heteroatoms. The molecule has 37 heavy (non-hydrogen) atoms. The average Bonchev–Trinajstić information content (AvgIpc) is 3.50. The van der Waals surface area contributed by atoms with Crippen LogP contribution in [-0.4, -0.2) is 40.4 Å². The summed E-state index contributed by atoms with van der Waals surface area (Å²) in [5.41, 5.74) is -0.515. The van der Waals surface area contributed by atoms with Gasteiger partial charge in [0.1, 0.15) is 11.6 Å². The van der Waals surface area contributed by atoms with Gasteiger partial charge in [-0.05, 0) is 79.3 Å².